The number of hydrogen-bond acceptors (Lipinski definition) is 6. The molecule has 0 aromatic rings. The molecule has 26 heavy (non-hydrogen) atoms. The number of nitrogens with one attached hydrogen (secondary N) is 2. The van der Waals surface area contributed by atoms with Crippen LogP contribution in [-0.4, -0.2) is 67.4 Å². The molecule has 0 spiro atoms. The highest BCUT2D eigenvalue weighted by atomic mass is 32.1. The Morgan fingerprint density at radius 1 is 1.04 bits per heavy atom. The summed E-state index contributed by atoms with van der Waals surface area (Å²) in [4.78, 5) is 34.3. The molecule has 8 nitrogen and oxygen atoms in total. The van der Waals surface area contributed by atoms with Crippen molar-refractivity contribution in [3.8, 4) is 0 Å². The zero-order valence-corrected chi connectivity index (χ0v) is 15.2. The highest BCUT2D eigenvalue weighted by Crippen LogP contribution is 2.15. The first-order valence-corrected chi connectivity index (χ1v) is 8.27. The fourth-order valence-electron chi connectivity index (χ4n) is 1.99. The molecule has 0 aliphatic rings. The molecule has 0 rings (SSSR count). The van der Waals surface area contributed by atoms with Gasteiger partial charge in [-0.25, -0.2) is 4.79 Å². The average molecular weight is 404 g/mol. The molecule has 0 heterocycles. The molecule has 0 aromatic carbocycles. The van der Waals surface area contributed by atoms with Crippen molar-refractivity contribution in [3.63, 3.8) is 0 Å². The molecule has 0 radical (unpaired) electrons. The number of thiol groups is 1. The molecule has 0 fully saturated rings. The molecular weight excluding hydrogens is 381 g/mol. The normalized spacial score (nSPS) is 14.0. The number of halogens is 3. The summed E-state index contributed by atoms with van der Waals surface area (Å²) in [6, 6.07) is -2.88. The van der Waals surface area contributed by atoms with E-state index in [2.05, 4.69) is 17.9 Å². The Morgan fingerprint density at radius 3 is 2.04 bits per heavy atom. The van der Waals surface area contributed by atoms with E-state index in [1.165, 1.54) is 19.5 Å². The van der Waals surface area contributed by atoms with E-state index in [1.54, 1.807) is 0 Å². The molecule has 0 aliphatic heterocycles. The predicted octanol–water partition coefficient (Wildman–Crippen LogP) is 0.712. The number of methoxy groups -OCH3 is 2. The maximum atomic E-state index is 12.3. The first-order chi connectivity index (χ1) is 12.1. The van der Waals surface area contributed by atoms with Crippen molar-refractivity contribution in [3.05, 3.63) is 0 Å². The van der Waals surface area contributed by atoms with Crippen molar-refractivity contribution in [2.24, 2.45) is 0 Å². The van der Waals surface area contributed by atoms with Crippen LogP contribution in [0.2, 0.25) is 0 Å². The number of carbonyl (C=O) groups excluding carboxylic acids is 2. The molecule has 2 amide bonds. The van der Waals surface area contributed by atoms with E-state index < -0.39 is 42.3 Å². The fraction of sp³-hybridized carbons (Fsp3) is 0.786. The summed E-state index contributed by atoms with van der Waals surface area (Å²) in [5.74, 6) is -4.65. The van der Waals surface area contributed by atoms with Crippen LogP contribution in [-0.2, 0) is 23.9 Å². The second-order valence-electron chi connectivity index (χ2n) is 5.27. The third-order valence-electron chi connectivity index (χ3n) is 3.37. The van der Waals surface area contributed by atoms with Gasteiger partial charge in [0.1, 0.15) is 12.1 Å². The largest absolute Gasteiger partial charge is 0.480 e. The fourth-order valence-corrected chi connectivity index (χ4v) is 2.25. The maximum Gasteiger partial charge on any atom is 0.471 e. The van der Waals surface area contributed by atoms with Gasteiger partial charge in [-0.3, -0.25) is 9.59 Å². The summed E-state index contributed by atoms with van der Waals surface area (Å²) in [5, 5.41) is 12.8. The van der Waals surface area contributed by atoms with E-state index in [-0.39, 0.29) is 18.6 Å². The minimum absolute atomic E-state index is 0.00507. The zero-order chi connectivity index (χ0) is 20.3. The van der Waals surface area contributed by atoms with Crippen molar-refractivity contribution in [1.29, 1.82) is 0 Å². The van der Waals surface area contributed by atoms with Crippen molar-refractivity contribution < 1.29 is 42.1 Å². The second-order valence-corrected chi connectivity index (χ2v) is 5.71. The number of carboxylic acids is 1. The Bertz CT molecular complexity index is 474. The SMILES string of the molecule is COC(CCC[C@H](NC(=O)[C@H](CCS)NC(=O)C(F)(F)F)C(=O)O)OC. The summed E-state index contributed by atoms with van der Waals surface area (Å²) >= 11 is 3.82. The Hall–Kier alpha value is -1.53. The third kappa shape index (κ3) is 9.25. The smallest absolute Gasteiger partial charge is 0.471 e. The van der Waals surface area contributed by atoms with E-state index in [1.807, 2.05) is 0 Å². The van der Waals surface area contributed by atoms with Gasteiger partial charge in [-0.15, -0.1) is 0 Å². The number of carbonyl (C=O) groups is 3. The van der Waals surface area contributed by atoms with Crippen molar-refractivity contribution >= 4 is 30.4 Å². The van der Waals surface area contributed by atoms with E-state index >= 15 is 0 Å². The Morgan fingerprint density at radius 2 is 1.62 bits per heavy atom. The third-order valence-corrected chi connectivity index (χ3v) is 3.63. The van der Waals surface area contributed by atoms with Crippen LogP contribution in [0, 0.1) is 0 Å². The molecule has 0 aromatic heterocycles. The van der Waals surface area contributed by atoms with Crippen LogP contribution < -0.4 is 10.6 Å². The quantitative estimate of drug-likeness (QED) is 0.281. The standard InChI is InChI=1S/C14H23F3N2O6S/c1-24-10(25-2)5-3-4-9(12(21)22)18-11(20)8(6-7-26)19-13(23)14(15,16)17/h8-10,26H,3-7H2,1-2H3,(H,18,20)(H,19,23)(H,21,22)/t8-,9-/m0/s1. The number of carboxylic acid groups (broad SMARTS) is 1. The lowest BCUT2D eigenvalue weighted by atomic mass is 10.1. The summed E-state index contributed by atoms with van der Waals surface area (Å²) in [6.07, 6.45) is -5.21. The topological polar surface area (TPSA) is 114 Å². The first-order valence-electron chi connectivity index (χ1n) is 7.64. The van der Waals surface area contributed by atoms with Gasteiger partial charge in [0.25, 0.3) is 0 Å². The van der Waals surface area contributed by atoms with Crippen LogP contribution >= 0.6 is 12.6 Å². The molecular formula is C14H23F3N2O6S. The molecule has 152 valence electrons. The van der Waals surface area contributed by atoms with Gasteiger partial charge in [-0.2, -0.15) is 25.8 Å². The van der Waals surface area contributed by atoms with Gasteiger partial charge in [-0.1, -0.05) is 0 Å². The predicted molar refractivity (Wildman–Crippen MR) is 87.7 cm³/mol. The number of aliphatic carboxylic acids is 1. The lowest BCUT2D eigenvalue weighted by Crippen LogP contribution is -2.54. The van der Waals surface area contributed by atoms with Gasteiger partial charge in [0.2, 0.25) is 5.91 Å². The Labute approximate surface area is 154 Å². The molecule has 2 atom stereocenters. The Kier molecular flexibility index (Phi) is 11.3. The van der Waals surface area contributed by atoms with Crippen molar-refractivity contribution in [1.82, 2.24) is 10.6 Å². The average Bonchev–Trinajstić information content (AvgIpc) is 2.55. The highest BCUT2D eigenvalue weighted by Gasteiger charge is 2.41. The lowest BCUT2D eigenvalue weighted by molar-refractivity contribution is -0.174. The van der Waals surface area contributed by atoms with E-state index in [4.69, 9.17) is 14.6 Å². The van der Waals surface area contributed by atoms with Gasteiger partial charge in [0.05, 0.1) is 0 Å². The number of amides is 2. The Balaban J connectivity index is 4.81. The van der Waals surface area contributed by atoms with Gasteiger partial charge in [-0.05, 0) is 31.4 Å². The molecule has 0 saturated carbocycles. The first kappa shape index (κ1) is 24.5. The zero-order valence-electron chi connectivity index (χ0n) is 14.3. The van der Waals surface area contributed by atoms with Gasteiger partial charge < -0.3 is 25.2 Å². The summed E-state index contributed by atoms with van der Waals surface area (Å²) in [5.41, 5.74) is 0. The van der Waals surface area contributed by atoms with Crippen LogP contribution in [0.15, 0.2) is 0 Å². The van der Waals surface area contributed by atoms with Crippen molar-refractivity contribution in [2.45, 2.75) is 50.2 Å². The van der Waals surface area contributed by atoms with E-state index in [0.717, 1.165) is 0 Å². The summed E-state index contributed by atoms with van der Waals surface area (Å²) < 4.78 is 46.9. The number of hydrogen-bond donors (Lipinski definition) is 4. The van der Waals surface area contributed by atoms with Crippen LogP contribution in [0.5, 0.6) is 0 Å². The summed E-state index contributed by atoms with van der Waals surface area (Å²) in [6.45, 7) is 0. The molecule has 3 N–H and O–H groups in total. The van der Waals surface area contributed by atoms with Gasteiger partial charge in [0, 0.05) is 14.2 Å². The molecule has 0 unspecified atom stereocenters. The van der Waals surface area contributed by atoms with Gasteiger partial charge >= 0.3 is 18.1 Å². The lowest BCUT2D eigenvalue weighted by Gasteiger charge is -2.22. The van der Waals surface area contributed by atoms with E-state index in [9.17, 15) is 27.6 Å². The number of alkyl halides is 3. The monoisotopic (exact) mass is 404 g/mol. The highest BCUT2D eigenvalue weighted by molar-refractivity contribution is 7.80. The van der Waals surface area contributed by atoms with Crippen LogP contribution in [0.1, 0.15) is 25.7 Å². The minimum atomic E-state index is -5.16. The minimum Gasteiger partial charge on any atom is -0.480 e. The maximum absolute atomic E-state index is 12.3. The molecule has 0 bridgehead atoms. The second kappa shape index (κ2) is 12.0. The van der Waals surface area contributed by atoms with Gasteiger partial charge in [0.15, 0.2) is 6.29 Å². The number of rotatable bonds is 12. The molecule has 0 aliphatic carbocycles. The number of ether oxygens (including phenoxy) is 2. The van der Waals surface area contributed by atoms with Crippen LogP contribution in [0.4, 0.5) is 13.2 Å². The van der Waals surface area contributed by atoms with E-state index in [0.29, 0.717) is 12.8 Å². The molecule has 0 saturated heterocycles. The van der Waals surface area contributed by atoms with Crippen LogP contribution in [0.25, 0.3) is 0 Å². The van der Waals surface area contributed by atoms with Crippen molar-refractivity contribution in [2.75, 3.05) is 20.0 Å². The summed E-state index contributed by atoms with van der Waals surface area (Å²) in [7, 11) is 2.83. The molecule has 12 heteroatoms. The van der Waals surface area contributed by atoms with Crippen LogP contribution in [0.3, 0.4) is 0 Å².